The molecular weight excluding hydrogens is 462 g/mol. The van der Waals surface area contributed by atoms with Crippen LogP contribution in [0, 0.1) is 11.8 Å². The molecule has 9 heteroatoms. The highest BCUT2D eigenvalue weighted by atomic mass is 16.7. The number of hydrogen-bond donors (Lipinski definition) is 3. The van der Waals surface area contributed by atoms with Gasteiger partial charge in [-0.15, -0.1) is 0 Å². The van der Waals surface area contributed by atoms with Crippen molar-refractivity contribution in [2.24, 2.45) is 11.8 Å². The van der Waals surface area contributed by atoms with E-state index in [9.17, 15) is 19.8 Å². The van der Waals surface area contributed by atoms with Gasteiger partial charge in [0.1, 0.15) is 23.4 Å². The number of aliphatic hydroxyl groups is 2. The fraction of sp³-hybridized carbons (Fsp3) is 0.593. The van der Waals surface area contributed by atoms with E-state index >= 15 is 0 Å². The van der Waals surface area contributed by atoms with Crippen LogP contribution in [0.5, 0.6) is 0 Å². The van der Waals surface area contributed by atoms with Crippen LogP contribution in [0.15, 0.2) is 45.7 Å². The topological polar surface area (TPSA) is 125 Å². The summed E-state index contributed by atoms with van der Waals surface area (Å²) in [5.74, 6) is -0.544. The number of amides is 2. The Balaban J connectivity index is 0.00000222. The predicted molar refractivity (Wildman–Crippen MR) is 136 cm³/mol. The maximum Gasteiger partial charge on any atom is 0.275 e. The van der Waals surface area contributed by atoms with Crippen LogP contribution >= 0.6 is 0 Å². The molecule has 4 unspecified atom stereocenters. The van der Waals surface area contributed by atoms with Gasteiger partial charge in [0.15, 0.2) is 5.76 Å². The van der Waals surface area contributed by atoms with E-state index in [1.165, 1.54) is 16.0 Å². The Morgan fingerprint density at radius 2 is 1.97 bits per heavy atom. The van der Waals surface area contributed by atoms with Gasteiger partial charge in [-0.25, -0.2) is 0 Å². The molecule has 1 saturated heterocycles. The highest BCUT2D eigenvalue weighted by Crippen LogP contribution is 2.31. The minimum Gasteiger partial charge on any atom is -0.391 e. The third kappa shape index (κ3) is 7.07. The lowest BCUT2D eigenvalue weighted by Gasteiger charge is -2.28. The number of β-amino-alcohol motifs (C(OH)–C–C–N with tert-alkyl or cyclic N) is 1. The molecule has 1 aromatic heterocycles. The van der Waals surface area contributed by atoms with Gasteiger partial charge in [0, 0.05) is 24.9 Å². The number of nitrogens with one attached hydrogen (secondary N) is 1. The number of likely N-dealkylation sites (tertiary alicyclic amines) is 1. The lowest BCUT2D eigenvalue weighted by molar-refractivity contribution is -0.144. The number of aliphatic hydroxyl groups excluding tert-OH is 2. The lowest BCUT2D eigenvalue weighted by atomic mass is 9.90. The average molecular weight is 504 g/mol. The zero-order valence-corrected chi connectivity index (χ0v) is 22.4. The van der Waals surface area contributed by atoms with E-state index < -0.39 is 24.0 Å². The number of hydrogen-bond acceptors (Lipinski definition) is 7. The SMILES string of the molecule is CC.CC(C)=C(C)C1C=CC(ONC(=O)C2CC(O)CN2C(=O)C(c2cc(CO)no2)C(C)C)=CC1. The van der Waals surface area contributed by atoms with Gasteiger partial charge >= 0.3 is 0 Å². The second-order valence-electron chi connectivity index (χ2n) is 9.56. The largest absolute Gasteiger partial charge is 0.391 e. The third-order valence-corrected chi connectivity index (χ3v) is 6.52. The molecule has 3 N–H and O–H groups in total. The van der Waals surface area contributed by atoms with Crippen molar-refractivity contribution in [3.63, 3.8) is 0 Å². The van der Waals surface area contributed by atoms with Crippen LogP contribution in [0.1, 0.15) is 78.7 Å². The van der Waals surface area contributed by atoms with Crippen molar-refractivity contribution in [2.45, 2.75) is 86.0 Å². The van der Waals surface area contributed by atoms with Gasteiger partial charge < -0.3 is 24.5 Å². The van der Waals surface area contributed by atoms with Crippen molar-refractivity contribution < 1.29 is 29.2 Å². The first-order chi connectivity index (χ1) is 17.1. The first kappa shape index (κ1) is 29.3. The lowest BCUT2D eigenvalue weighted by Crippen LogP contribution is -2.48. The maximum atomic E-state index is 13.4. The summed E-state index contributed by atoms with van der Waals surface area (Å²) in [5, 5.41) is 23.3. The molecule has 1 aromatic rings. The number of carbonyl (C=O) groups excluding carboxylic acids is 2. The molecule has 0 spiro atoms. The van der Waals surface area contributed by atoms with E-state index in [0.29, 0.717) is 23.1 Å². The van der Waals surface area contributed by atoms with E-state index in [2.05, 4.69) is 31.4 Å². The van der Waals surface area contributed by atoms with Crippen LogP contribution in [-0.4, -0.2) is 50.8 Å². The Bertz CT molecular complexity index is 989. The molecule has 36 heavy (non-hydrogen) atoms. The van der Waals surface area contributed by atoms with Gasteiger partial charge in [-0.3, -0.25) is 9.59 Å². The van der Waals surface area contributed by atoms with Crippen LogP contribution < -0.4 is 5.48 Å². The summed E-state index contributed by atoms with van der Waals surface area (Å²) in [4.78, 5) is 33.2. The Morgan fingerprint density at radius 1 is 1.28 bits per heavy atom. The van der Waals surface area contributed by atoms with Crippen molar-refractivity contribution in [1.82, 2.24) is 15.5 Å². The summed E-state index contributed by atoms with van der Waals surface area (Å²) < 4.78 is 5.29. The van der Waals surface area contributed by atoms with Crippen molar-refractivity contribution in [3.8, 4) is 0 Å². The zero-order valence-electron chi connectivity index (χ0n) is 22.4. The van der Waals surface area contributed by atoms with Crippen molar-refractivity contribution in [1.29, 1.82) is 0 Å². The van der Waals surface area contributed by atoms with Crippen LogP contribution in [0.4, 0.5) is 0 Å². The van der Waals surface area contributed by atoms with E-state index in [1.54, 1.807) is 6.07 Å². The number of nitrogens with zero attached hydrogens (tertiary/aromatic N) is 2. The van der Waals surface area contributed by atoms with Crippen molar-refractivity contribution in [3.05, 3.63) is 52.7 Å². The second kappa shape index (κ2) is 13.4. The number of carbonyl (C=O) groups is 2. The normalized spacial score (nSPS) is 21.9. The molecule has 0 bridgehead atoms. The smallest absolute Gasteiger partial charge is 0.275 e. The molecule has 1 aliphatic carbocycles. The van der Waals surface area contributed by atoms with E-state index in [1.807, 2.05) is 45.9 Å². The summed E-state index contributed by atoms with van der Waals surface area (Å²) in [5.41, 5.74) is 5.36. The third-order valence-electron chi connectivity index (χ3n) is 6.52. The monoisotopic (exact) mass is 503 g/mol. The van der Waals surface area contributed by atoms with Gasteiger partial charge in [0.05, 0.1) is 12.7 Å². The average Bonchev–Trinajstić information content (AvgIpc) is 3.50. The molecule has 1 fully saturated rings. The van der Waals surface area contributed by atoms with Crippen LogP contribution in [0.2, 0.25) is 0 Å². The number of hydroxylamine groups is 1. The Labute approximate surface area is 213 Å². The summed E-state index contributed by atoms with van der Waals surface area (Å²) >= 11 is 0. The predicted octanol–water partition coefficient (Wildman–Crippen LogP) is 3.76. The number of allylic oxidation sites excluding steroid dienone is 5. The minimum absolute atomic E-state index is 0.0351. The molecule has 1 aliphatic heterocycles. The van der Waals surface area contributed by atoms with Gasteiger partial charge in [-0.05, 0) is 45.3 Å². The molecule has 2 amide bonds. The summed E-state index contributed by atoms with van der Waals surface area (Å²) in [7, 11) is 0. The van der Waals surface area contributed by atoms with Crippen molar-refractivity contribution >= 4 is 11.8 Å². The molecular formula is C27H41N3O6. The standard InChI is InChI=1S/C25H35N3O6.C2H6/c1-14(2)16(5)17-6-8-20(9-7-17)33-27-24(31)21-11-19(30)12-28(21)25(32)23(15(3)4)22-10-18(13-29)26-34-22;1-2/h6,8-10,15,17,19,21,23,29-30H,7,11-13H2,1-5H3,(H,27,31);1-2H3. The Hall–Kier alpha value is -2.91. The molecule has 0 aromatic carbocycles. The first-order valence-corrected chi connectivity index (χ1v) is 12.7. The molecule has 2 aliphatic rings. The molecule has 0 saturated carbocycles. The minimum atomic E-state index is -0.877. The second-order valence-corrected chi connectivity index (χ2v) is 9.56. The van der Waals surface area contributed by atoms with E-state index in [-0.39, 0.29) is 31.4 Å². The first-order valence-electron chi connectivity index (χ1n) is 12.7. The summed E-state index contributed by atoms with van der Waals surface area (Å²) in [6.07, 6.45) is 5.85. The van der Waals surface area contributed by atoms with Crippen molar-refractivity contribution in [2.75, 3.05) is 6.54 Å². The number of aromatic nitrogens is 1. The Kier molecular flexibility index (Phi) is 10.9. The zero-order chi connectivity index (χ0) is 27.0. The van der Waals surface area contributed by atoms with E-state index in [4.69, 9.17) is 9.36 Å². The number of rotatable bonds is 8. The molecule has 3 rings (SSSR count). The molecule has 4 atom stereocenters. The van der Waals surface area contributed by atoms with Gasteiger partial charge in [-0.1, -0.05) is 50.1 Å². The maximum absolute atomic E-state index is 13.4. The quantitative estimate of drug-likeness (QED) is 0.364. The van der Waals surface area contributed by atoms with Crippen LogP contribution in [0.3, 0.4) is 0 Å². The van der Waals surface area contributed by atoms with Crippen LogP contribution in [0.25, 0.3) is 0 Å². The van der Waals surface area contributed by atoms with Gasteiger partial charge in [-0.2, -0.15) is 5.48 Å². The Morgan fingerprint density at radius 3 is 2.50 bits per heavy atom. The van der Waals surface area contributed by atoms with Gasteiger partial charge in [0.25, 0.3) is 5.91 Å². The highest BCUT2D eigenvalue weighted by Gasteiger charge is 2.43. The molecule has 200 valence electrons. The van der Waals surface area contributed by atoms with Crippen LogP contribution in [-0.2, 0) is 21.0 Å². The fourth-order valence-corrected chi connectivity index (χ4v) is 4.31. The summed E-state index contributed by atoms with van der Waals surface area (Å²) in [6.45, 7) is 13.7. The van der Waals surface area contributed by atoms with E-state index in [0.717, 1.165) is 6.42 Å². The highest BCUT2D eigenvalue weighted by molar-refractivity contribution is 5.90. The molecule has 0 radical (unpaired) electrons. The summed E-state index contributed by atoms with van der Waals surface area (Å²) in [6, 6.07) is 0.664. The fourth-order valence-electron chi connectivity index (χ4n) is 4.31. The molecule has 9 nitrogen and oxygen atoms in total. The molecule has 2 heterocycles. The van der Waals surface area contributed by atoms with Gasteiger partial charge in [0.2, 0.25) is 5.91 Å².